The number of carbonyl (C=O) groups excluding carboxylic acids is 1. The number of aldehydes is 1. The molecule has 1 N–H and O–H groups in total. The minimum atomic E-state index is -0.309. The zero-order valence-electron chi connectivity index (χ0n) is 17.9. The fourth-order valence-corrected chi connectivity index (χ4v) is 5.76. The summed E-state index contributed by atoms with van der Waals surface area (Å²) in [5.74, 6) is -0.236. The lowest BCUT2D eigenvalue weighted by atomic mass is 9.66. The Balaban J connectivity index is 1.49. The molecular formula is C27H26ClFN2O. The van der Waals surface area contributed by atoms with E-state index in [1.165, 1.54) is 12.1 Å². The number of nitrogens with one attached hydrogen (secondary N) is 1. The number of nitrogens with zero attached hydrogens (tertiary/aromatic N) is 1. The van der Waals surface area contributed by atoms with Gasteiger partial charge in [0, 0.05) is 23.5 Å². The SMILES string of the molecule is O=CC1C(C2(c3ccc(F)cc3)CCNCC2)=CCN1Cc1cc(Cl)cc2ccccc12. The van der Waals surface area contributed by atoms with E-state index in [-0.39, 0.29) is 17.3 Å². The van der Waals surface area contributed by atoms with E-state index in [4.69, 9.17) is 11.6 Å². The van der Waals surface area contributed by atoms with Gasteiger partial charge in [0.05, 0.1) is 6.04 Å². The van der Waals surface area contributed by atoms with Crippen molar-refractivity contribution in [1.82, 2.24) is 10.2 Å². The molecule has 1 saturated heterocycles. The molecule has 164 valence electrons. The van der Waals surface area contributed by atoms with Gasteiger partial charge in [0.1, 0.15) is 12.1 Å². The fraction of sp³-hybridized carbons (Fsp3) is 0.296. The Kier molecular flexibility index (Phi) is 5.85. The Morgan fingerprint density at radius 3 is 2.59 bits per heavy atom. The molecule has 0 radical (unpaired) electrons. The predicted molar refractivity (Wildman–Crippen MR) is 127 cm³/mol. The third-order valence-electron chi connectivity index (χ3n) is 7.08. The Morgan fingerprint density at radius 1 is 1.09 bits per heavy atom. The van der Waals surface area contributed by atoms with Crippen molar-refractivity contribution in [1.29, 1.82) is 0 Å². The third kappa shape index (κ3) is 3.77. The van der Waals surface area contributed by atoms with Crippen molar-refractivity contribution >= 4 is 28.7 Å². The second-order valence-electron chi connectivity index (χ2n) is 8.79. The Bertz CT molecular complexity index is 1170. The highest BCUT2D eigenvalue weighted by Crippen LogP contribution is 2.45. The molecule has 2 aliphatic rings. The van der Waals surface area contributed by atoms with Gasteiger partial charge in [0.15, 0.2) is 0 Å². The zero-order valence-corrected chi connectivity index (χ0v) is 18.6. The summed E-state index contributed by atoms with van der Waals surface area (Å²) in [4.78, 5) is 14.7. The van der Waals surface area contributed by atoms with Crippen molar-refractivity contribution < 1.29 is 9.18 Å². The first-order valence-corrected chi connectivity index (χ1v) is 11.5. The summed E-state index contributed by atoms with van der Waals surface area (Å²) < 4.78 is 13.7. The standard InChI is InChI=1S/C27H26ClFN2O/c28-22-15-19-3-1-2-4-24(19)20(16-22)17-31-14-9-25(26(31)18-32)27(10-12-30-13-11-27)21-5-7-23(29)8-6-21/h1-9,15-16,18,26,30H,10-14,17H2. The number of piperidine rings is 1. The topological polar surface area (TPSA) is 32.3 Å². The minimum absolute atomic E-state index is 0.236. The second kappa shape index (κ2) is 8.78. The van der Waals surface area contributed by atoms with E-state index in [0.29, 0.717) is 18.1 Å². The predicted octanol–water partition coefficient (Wildman–Crippen LogP) is 5.26. The maximum atomic E-state index is 13.7. The van der Waals surface area contributed by atoms with Crippen molar-refractivity contribution in [2.24, 2.45) is 0 Å². The number of carbonyl (C=O) groups is 1. The van der Waals surface area contributed by atoms with Gasteiger partial charge in [-0.1, -0.05) is 54.1 Å². The quantitative estimate of drug-likeness (QED) is 0.426. The molecule has 32 heavy (non-hydrogen) atoms. The van der Waals surface area contributed by atoms with E-state index in [0.717, 1.165) is 59.7 Å². The molecule has 2 aliphatic heterocycles. The number of rotatable bonds is 5. The molecule has 0 spiro atoms. The summed E-state index contributed by atoms with van der Waals surface area (Å²) in [6, 6.07) is 18.7. The lowest BCUT2D eigenvalue weighted by molar-refractivity contribution is -0.111. The van der Waals surface area contributed by atoms with Gasteiger partial charge in [-0.05, 0) is 77.7 Å². The molecule has 1 atom stereocenters. The van der Waals surface area contributed by atoms with Gasteiger partial charge in [-0.15, -0.1) is 0 Å². The maximum Gasteiger partial charge on any atom is 0.141 e. The molecular weight excluding hydrogens is 423 g/mol. The van der Waals surface area contributed by atoms with Crippen LogP contribution in [0.25, 0.3) is 10.8 Å². The van der Waals surface area contributed by atoms with Gasteiger partial charge in [-0.3, -0.25) is 4.90 Å². The van der Waals surface area contributed by atoms with Crippen LogP contribution in [-0.4, -0.2) is 36.9 Å². The molecule has 3 aromatic rings. The average molecular weight is 449 g/mol. The van der Waals surface area contributed by atoms with Crippen LogP contribution in [0.3, 0.4) is 0 Å². The first-order valence-electron chi connectivity index (χ1n) is 11.1. The number of halogens is 2. The van der Waals surface area contributed by atoms with Crippen LogP contribution in [0.2, 0.25) is 5.02 Å². The number of hydrogen-bond acceptors (Lipinski definition) is 3. The third-order valence-corrected chi connectivity index (χ3v) is 7.30. The van der Waals surface area contributed by atoms with E-state index >= 15 is 0 Å². The summed E-state index contributed by atoms with van der Waals surface area (Å²) in [5, 5.41) is 6.40. The highest BCUT2D eigenvalue weighted by molar-refractivity contribution is 6.31. The molecule has 3 aromatic carbocycles. The second-order valence-corrected chi connectivity index (χ2v) is 9.23. The molecule has 2 heterocycles. The summed E-state index contributed by atoms with van der Waals surface area (Å²) in [6.07, 6.45) is 5.07. The smallest absolute Gasteiger partial charge is 0.141 e. The van der Waals surface area contributed by atoms with Gasteiger partial charge in [0.25, 0.3) is 0 Å². The Hall–Kier alpha value is -2.53. The summed E-state index contributed by atoms with van der Waals surface area (Å²) in [6.45, 7) is 3.09. The molecule has 1 fully saturated rings. The number of hydrogen-bond donors (Lipinski definition) is 1. The molecule has 0 aliphatic carbocycles. The first kappa shape index (κ1) is 21.3. The van der Waals surface area contributed by atoms with Crippen LogP contribution in [0.15, 0.2) is 72.3 Å². The highest BCUT2D eigenvalue weighted by atomic mass is 35.5. The minimum Gasteiger partial charge on any atom is -0.317 e. The fourth-order valence-electron chi connectivity index (χ4n) is 5.51. The van der Waals surface area contributed by atoms with E-state index < -0.39 is 0 Å². The van der Waals surface area contributed by atoms with E-state index in [1.807, 2.05) is 36.4 Å². The summed E-state index contributed by atoms with van der Waals surface area (Å²) in [7, 11) is 0. The Labute approximate surface area is 192 Å². The lowest BCUT2D eigenvalue weighted by Crippen LogP contribution is -2.46. The van der Waals surface area contributed by atoms with Gasteiger partial charge < -0.3 is 10.1 Å². The number of fused-ring (bicyclic) bond motifs is 1. The van der Waals surface area contributed by atoms with Crippen LogP contribution in [0.1, 0.15) is 24.0 Å². The molecule has 0 aromatic heterocycles. The van der Waals surface area contributed by atoms with E-state index in [2.05, 4.69) is 28.4 Å². The molecule has 0 amide bonds. The van der Waals surface area contributed by atoms with Crippen molar-refractivity contribution in [3.05, 3.63) is 94.3 Å². The molecule has 0 bridgehead atoms. The monoisotopic (exact) mass is 448 g/mol. The number of benzene rings is 3. The average Bonchev–Trinajstić information content (AvgIpc) is 3.23. The van der Waals surface area contributed by atoms with Gasteiger partial charge in [0.2, 0.25) is 0 Å². The Morgan fingerprint density at radius 2 is 1.84 bits per heavy atom. The lowest BCUT2D eigenvalue weighted by Gasteiger charge is -2.42. The first-order chi connectivity index (χ1) is 15.6. The highest BCUT2D eigenvalue weighted by Gasteiger charge is 2.44. The van der Waals surface area contributed by atoms with E-state index in [1.54, 1.807) is 0 Å². The van der Waals surface area contributed by atoms with Gasteiger partial charge in [-0.2, -0.15) is 0 Å². The normalized spacial score (nSPS) is 20.9. The van der Waals surface area contributed by atoms with Crippen molar-refractivity contribution in [3.63, 3.8) is 0 Å². The summed E-state index contributed by atoms with van der Waals surface area (Å²) >= 11 is 6.41. The van der Waals surface area contributed by atoms with E-state index in [9.17, 15) is 9.18 Å². The summed E-state index contributed by atoms with van der Waals surface area (Å²) in [5.41, 5.74) is 3.10. The van der Waals surface area contributed by atoms with Crippen molar-refractivity contribution in [3.8, 4) is 0 Å². The van der Waals surface area contributed by atoms with Crippen molar-refractivity contribution in [2.45, 2.75) is 30.8 Å². The van der Waals surface area contributed by atoms with Crippen molar-refractivity contribution in [2.75, 3.05) is 19.6 Å². The van der Waals surface area contributed by atoms with Crippen LogP contribution in [0, 0.1) is 5.82 Å². The van der Waals surface area contributed by atoms with Crippen LogP contribution in [0.5, 0.6) is 0 Å². The molecule has 5 rings (SSSR count). The van der Waals surface area contributed by atoms with Crippen LogP contribution < -0.4 is 5.32 Å². The van der Waals surface area contributed by atoms with Crippen LogP contribution >= 0.6 is 11.6 Å². The molecule has 5 heteroatoms. The van der Waals surface area contributed by atoms with Gasteiger partial charge in [-0.25, -0.2) is 4.39 Å². The van der Waals surface area contributed by atoms with Crippen LogP contribution in [-0.2, 0) is 16.8 Å². The van der Waals surface area contributed by atoms with Gasteiger partial charge >= 0.3 is 0 Å². The van der Waals surface area contributed by atoms with Crippen LogP contribution in [0.4, 0.5) is 4.39 Å². The maximum absolute atomic E-state index is 13.7. The molecule has 3 nitrogen and oxygen atoms in total. The largest absolute Gasteiger partial charge is 0.317 e. The zero-order chi connectivity index (χ0) is 22.1. The molecule has 0 saturated carbocycles. The molecule has 1 unspecified atom stereocenters.